The summed E-state index contributed by atoms with van der Waals surface area (Å²) in [4.78, 5) is 40.1. The third-order valence-corrected chi connectivity index (χ3v) is 11.3. The first kappa shape index (κ1) is 41.8. The highest BCUT2D eigenvalue weighted by molar-refractivity contribution is 5.81. The Morgan fingerprint density at radius 3 is 2.40 bits per heavy atom. The standard InChI is InChI=1S/C38H58N2O12/c1-10-30-38(7,45)34(42)23(3)40(21-25-18-31(41)50-29-19-26(47-8)12-13-27(25)29)17-11-15-36(5,44)16-14-28(22(2)35(43)52-30)51-32-20-37(6,48-9)33(39-46)24(4)49-32/h12-13,18-19,22-24,28,30,32-34,42,44-45H,10-11,14-17,20-21H2,1-9H3/t22-,23-,24+,28+,30-,32+,33+,34-,36-,37-,38-/m1/s1. The van der Waals surface area contributed by atoms with Crippen molar-refractivity contribution in [2.24, 2.45) is 11.1 Å². The fourth-order valence-electron chi connectivity index (χ4n) is 7.67. The van der Waals surface area contributed by atoms with Gasteiger partial charge in [0.2, 0.25) is 0 Å². The quantitative estimate of drug-likeness (QED) is 0.196. The number of aliphatic hydroxyl groups excluding tert-OH is 1. The molecule has 11 atom stereocenters. The van der Waals surface area contributed by atoms with Gasteiger partial charge >= 0.3 is 11.6 Å². The second-order valence-electron chi connectivity index (χ2n) is 15.3. The Labute approximate surface area is 305 Å². The van der Waals surface area contributed by atoms with E-state index in [9.17, 15) is 29.8 Å². The molecule has 1 aromatic heterocycles. The third kappa shape index (κ3) is 9.38. The number of benzene rings is 1. The van der Waals surface area contributed by atoms with Gasteiger partial charge in [0.1, 0.15) is 35.2 Å². The normalized spacial score (nSPS) is 37.5. The molecule has 2 aromatic rings. The van der Waals surface area contributed by atoms with Crippen LogP contribution in [0.5, 0.6) is 5.75 Å². The number of hydrogen-bond donors (Lipinski definition) is 3. The smallest absolute Gasteiger partial charge is 0.336 e. The lowest BCUT2D eigenvalue weighted by atomic mass is 9.85. The fraction of sp³-hybridized carbons (Fsp3) is 0.737. The van der Waals surface area contributed by atoms with Crippen molar-refractivity contribution in [2.75, 3.05) is 20.8 Å². The molecule has 2 saturated heterocycles. The number of nitrogens with zero attached hydrogens (tertiary/aromatic N) is 2. The van der Waals surface area contributed by atoms with E-state index in [0.717, 1.165) is 0 Å². The molecule has 14 nitrogen and oxygen atoms in total. The number of fused-ring (bicyclic) bond motifs is 1. The highest BCUT2D eigenvalue weighted by Gasteiger charge is 2.49. The summed E-state index contributed by atoms with van der Waals surface area (Å²) in [5, 5.41) is 39.2. The number of aliphatic hydroxyl groups is 3. The van der Waals surface area contributed by atoms with Crippen LogP contribution in [0.4, 0.5) is 0 Å². The molecule has 0 unspecified atom stereocenters. The highest BCUT2D eigenvalue weighted by atomic mass is 16.7. The van der Waals surface area contributed by atoms with E-state index in [2.05, 4.69) is 5.18 Å². The van der Waals surface area contributed by atoms with Crippen LogP contribution in [0.2, 0.25) is 0 Å². The van der Waals surface area contributed by atoms with Crippen molar-refractivity contribution in [3.8, 4) is 5.75 Å². The maximum Gasteiger partial charge on any atom is 0.336 e. The minimum Gasteiger partial charge on any atom is -0.497 e. The van der Waals surface area contributed by atoms with E-state index in [1.165, 1.54) is 27.2 Å². The minimum atomic E-state index is -1.88. The molecule has 1 aromatic carbocycles. The van der Waals surface area contributed by atoms with E-state index in [1.807, 2.05) is 4.90 Å². The van der Waals surface area contributed by atoms with Gasteiger partial charge in [-0.2, -0.15) is 4.91 Å². The molecule has 0 amide bonds. The first-order chi connectivity index (χ1) is 24.4. The molecule has 2 aliphatic rings. The lowest BCUT2D eigenvalue weighted by Gasteiger charge is -2.44. The van der Waals surface area contributed by atoms with Gasteiger partial charge in [0.25, 0.3) is 0 Å². The Kier molecular flexibility index (Phi) is 13.7. The first-order valence-corrected chi connectivity index (χ1v) is 18.3. The van der Waals surface area contributed by atoms with Gasteiger partial charge in [0.05, 0.1) is 36.4 Å². The molecule has 3 heterocycles. The van der Waals surface area contributed by atoms with Crippen molar-refractivity contribution in [3.63, 3.8) is 0 Å². The van der Waals surface area contributed by atoms with Gasteiger partial charge in [-0.25, -0.2) is 4.79 Å². The Morgan fingerprint density at radius 2 is 1.77 bits per heavy atom. The molecule has 0 saturated carbocycles. The highest BCUT2D eigenvalue weighted by Crippen LogP contribution is 2.37. The Bertz CT molecular complexity index is 1580. The Morgan fingerprint density at radius 1 is 1.06 bits per heavy atom. The Hall–Kier alpha value is -2.98. The summed E-state index contributed by atoms with van der Waals surface area (Å²) in [6.45, 7) is 12.5. The summed E-state index contributed by atoms with van der Waals surface area (Å²) in [6, 6.07) is 5.18. The van der Waals surface area contributed by atoms with Gasteiger partial charge in [-0.05, 0) is 97.9 Å². The predicted octanol–water partition coefficient (Wildman–Crippen LogP) is 4.45. The summed E-state index contributed by atoms with van der Waals surface area (Å²) in [5.41, 5.74) is -3.54. The minimum absolute atomic E-state index is 0.178. The van der Waals surface area contributed by atoms with Crippen molar-refractivity contribution >= 4 is 16.9 Å². The zero-order chi connectivity index (χ0) is 38.6. The lowest BCUT2D eigenvalue weighted by Crippen LogP contribution is -2.59. The number of cyclic esters (lactones) is 1. The zero-order valence-corrected chi connectivity index (χ0v) is 32.0. The van der Waals surface area contributed by atoms with Crippen molar-refractivity contribution in [3.05, 3.63) is 45.2 Å². The van der Waals surface area contributed by atoms with Crippen LogP contribution >= 0.6 is 0 Å². The second-order valence-corrected chi connectivity index (χ2v) is 15.3. The third-order valence-electron chi connectivity index (χ3n) is 11.3. The number of esters is 1. The number of ether oxygens (including phenoxy) is 5. The van der Waals surface area contributed by atoms with Gasteiger partial charge in [0.15, 0.2) is 6.29 Å². The summed E-state index contributed by atoms with van der Waals surface area (Å²) in [6.07, 6.45) is -2.93. The average molecular weight is 735 g/mol. The monoisotopic (exact) mass is 734 g/mol. The molecular formula is C38H58N2O12. The van der Waals surface area contributed by atoms with Gasteiger partial charge in [-0.3, -0.25) is 9.69 Å². The molecule has 0 spiro atoms. The number of nitroso groups, excluding NO2 is 1. The molecule has 52 heavy (non-hydrogen) atoms. The van der Waals surface area contributed by atoms with E-state index in [4.69, 9.17) is 28.1 Å². The Balaban J connectivity index is 1.65. The van der Waals surface area contributed by atoms with Crippen LogP contribution in [0, 0.1) is 10.8 Å². The van der Waals surface area contributed by atoms with E-state index in [1.54, 1.807) is 59.7 Å². The van der Waals surface area contributed by atoms with E-state index < -0.39 is 77.1 Å². The average Bonchev–Trinajstić information content (AvgIpc) is 3.09. The van der Waals surface area contributed by atoms with E-state index in [-0.39, 0.29) is 32.2 Å². The molecule has 0 radical (unpaired) electrons. The van der Waals surface area contributed by atoms with Gasteiger partial charge in [-0.1, -0.05) is 12.1 Å². The molecule has 2 fully saturated rings. The topological polar surface area (TPSA) is 187 Å². The van der Waals surface area contributed by atoms with Crippen molar-refractivity contribution in [1.82, 2.24) is 4.90 Å². The summed E-state index contributed by atoms with van der Waals surface area (Å²) >= 11 is 0. The number of methoxy groups -OCH3 is 2. The second kappa shape index (κ2) is 17.0. The zero-order valence-electron chi connectivity index (χ0n) is 32.0. The summed E-state index contributed by atoms with van der Waals surface area (Å²) in [7, 11) is 3.02. The number of rotatable bonds is 8. The molecule has 2 aliphatic heterocycles. The van der Waals surface area contributed by atoms with Crippen molar-refractivity contribution in [1.29, 1.82) is 0 Å². The van der Waals surface area contributed by atoms with Gasteiger partial charge < -0.3 is 43.4 Å². The maximum atomic E-state index is 13.8. The largest absolute Gasteiger partial charge is 0.497 e. The van der Waals surface area contributed by atoms with Gasteiger partial charge in [-0.15, -0.1) is 0 Å². The number of hydrogen-bond acceptors (Lipinski definition) is 14. The van der Waals surface area contributed by atoms with Crippen LogP contribution in [0.25, 0.3) is 11.0 Å². The molecule has 0 bridgehead atoms. The van der Waals surface area contributed by atoms with Gasteiger partial charge in [0, 0.05) is 43.6 Å². The van der Waals surface area contributed by atoms with Crippen LogP contribution in [-0.4, -0.2) is 107 Å². The SMILES string of the molecule is CC[C@H]1OC(=O)[C@H](C)[C@@H](O[C@H]2C[C@@](C)(OC)[C@@H](N=O)[C@H](C)O2)CC[C@](C)(O)CCCN(Cc2cc(=O)oc3cc(OC)ccc23)[C@H](C)[C@@H](O)[C@]1(C)O. The molecule has 292 valence electrons. The van der Waals surface area contributed by atoms with Crippen molar-refractivity contribution < 1.29 is 48.2 Å². The summed E-state index contributed by atoms with van der Waals surface area (Å²) < 4.78 is 34.9. The lowest BCUT2D eigenvalue weighted by molar-refractivity contribution is -0.265. The van der Waals surface area contributed by atoms with Crippen LogP contribution < -0.4 is 10.4 Å². The fourth-order valence-corrected chi connectivity index (χ4v) is 7.67. The van der Waals surface area contributed by atoms with Crippen LogP contribution in [-0.2, 0) is 30.3 Å². The van der Waals surface area contributed by atoms with E-state index >= 15 is 0 Å². The van der Waals surface area contributed by atoms with Crippen LogP contribution in [0.15, 0.2) is 38.7 Å². The molecule has 14 heteroatoms. The van der Waals surface area contributed by atoms with Crippen molar-refractivity contribution in [2.45, 2.75) is 153 Å². The predicted molar refractivity (Wildman–Crippen MR) is 193 cm³/mol. The van der Waals surface area contributed by atoms with Crippen LogP contribution in [0.1, 0.15) is 92.6 Å². The number of carbonyl (C=O) groups is 1. The first-order valence-electron chi connectivity index (χ1n) is 18.3. The molecule has 3 N–H and O–H groups in total. The maximum absolute atomic E-state index is 13.8. The van der Waals surface area contributed by atoms with E-state index in [0.29, 0.717) is 41.7 Å². The van der Waals surface area contributed by atoms with Crippen LogP contribution in [0.3, 0.4) is 0 Å². The molecular weight excluding hydrogens is 676 g/mol. The summed E-state index contributed by atoms with van der Waals surface area (Å²) in [5.74, 6) is -0.973. The molecule has 4 rings (SSSR count). The molecule has 0 aliphatic carbocycles. The number of carbonyl (C=O) groups excluding carboxylic acids is 1.